The summed E-state index contributed by atoms with van der Waals surface area (Å²) in [7, 11) is 0. The van der Waals surface area contributed by atoms with Gasteiger partial charge >= 0.3 is 0 Å². The van der Waals surface area contributed by atoms with Crippen molar-refractivity contribution < 1.29 is 8.39 Å². The summed E-state index contributed by atoms with van der Waals surface area (Å²) in [6, 6.07) is 4.87. The zero-order valence-electron chi connectivity index (χ0n) is 12.5. The van der Waals surface area contributed by atoms with Gasteiger partial charge in [0.05, 0.1) is 17.2 Å². The van der Waals surface area contributed by atoms with Crippen LogP contribution in [0.4, 0.5) is 11.4 Å². The lowest BCUT2D eigenvalue weighted by atomic mass is 10.1. The largest absolute Gasteiger partial charge is 0.287 e. The third kappa shape index (κ3) is 6.27. The first-order valence-electron chi connectivity index (χ1n) is 7.26. The van der Waals surface area contributed by atoms with Crippen LogP contribution in [0.2, 0.25) is 0 Å². The first-order valence-corrected chi connectivity index (χ1v) is 8.33. The van der Waals surface area contributed by atoms with E-state index >= 15 is 0 Å². The molecule has 5 nitrogen and oxygen atoms in total. The first kappa shape index (κ1) is 17.7. The van der Waals surface area contributed by atoms with E-state index in [0.717, 1.165) is 12.8 Å². The monoisotopic (exact) mass is 309 g/mol. The second kappa shape index (κ2) is 10.3. The molecule has 0 fully saturated rings. The van der Waals surface area contributed by atoms with Gasteiger partial charge in [0.1, 0.15) is 5.69 Å². The molecule has 0 radical (unpaired) electrons. The van der Waals surface area contributed by atoms with Gasteiger partial charge in [-0.15, -0.1) is 0 Å². The Morgan fingerprint density at radius 3 is 2.62 bits per heavy atom. The lowest BCUT2D eigenvalue weighted by molar-refractivity contribution is 0.332. The maximum absolute atomic E-state index is 12.1. The van der Waals surface area contributed by atoms with E-state index in [1.807, 2.05) is 0 Å². The van der Waals surface area contributed by atoms with E-state index < -0.39 is 11.1 Å². The van der Waals surface area contributed by atoms with Crippen LogP contribution in [0.15, 0.2) is 33.2 Å². The molecule has 6 heteroatoms. The van der Waals surface area contributed by atoms with Gasteiger partial charge in [-0.25, -0.2) is 9.74 Å². The van der Waals surface area contributed by atoms with Gasteiger partial charge in [-0.1, -0.05) is 39.0 Å². The number of hydrogen-bond donors (Lipinski definition) is 1. The molecule has 1 aromatic carbocycles. The standard InChI is InChI=1S/C15H23N3O2S/c1-3-4-5-6-7-8-11-20-21(19)15-12-13(17-2)9-10-14(15)18-16/h9-10,12,16H,2-8,11H2,1H3. The predicted octanol–water partition coefficient (Wildman–Crippen LogP) is 5.08. The molecule has 0 amide bonds. The van der Waals surface area contributed by atoms with E-state index in [2.05, 4.69) is 23.7 Å². The average Bonchev–Trinajstić information content (AvgIpc) is 2.53. The second-order valence-corrected chi connectivity index (χ2v) is 5.89. The Labute approximate surface area is 129 Å². The Morgan fingerprint density at radius 1 is 1.24 bits per heavy atom. The topological polar surface area (TPSA) is 74.9 Å². The fourth-order valence-corrected chi connectivity index (χ4v) is 2.81. The summed E-state index contributed by atoms with van der Waals surface area (Å²) >= 11 is -1.62. The van der Waals surface area contributed by atoms with Crippen LogP contribution < -0.4 is 0 Å². The quantitative estimate of drug-likeness (QED) is 0.351. The van der Waals surface area contributed by atoms with Gasteiger partial charge in [-0.3, -0.25) is 9.18 Å². The van der Waals surface area contributed by atoms with Gasteiger partial charge in [0.15, 0.2) is 11.1 Å². The van der Waals surface area contributed by atoms with E-state index in [4.69, 9.17) is 9.71 Å². The molecule has 21 heavy (non-hydrogen) atoms. The summed E-state index contributed by atoms with van der Waals surface area (Å²) < 4.78 is 17.5. The van der Waals surface area contributed by atoms with Crippen LogP contribution in [0.3, 0.4) is 0 Å². The first-order chi connectivity index (χ1) is 10.2. The maximum atomic E-state index is 12.1. The minimum atomic E-state index is -1.62. The molecule has 0 bridgehead atoms. The molecule has 1 rings (SSSR count). The van der Waals surface area contributed by atoms with Crippen LogP contribution >= 0.6 is 0 Å². The van der Waals surface area contributed by atoms with Crippen LogP contribution in [-0.4, -0.2) is 17.5 Å². The van der Waals surface area contributed by atoms with Gasteiger partial charge in [0, 0.05) is 0 Å². The zero-order chi connectivity index (χ0) is 15.5. The molecular weight excluding hydrogens is 286 g/mol. The number of aliphatic imine (C=N–C) groups is 1. The second-order valence-electron chi connectivity index (χ2n) is 4.75. The summed E-state index contributed by atoms with van der Waals surface area (Å²) in [4.78, 5) is 4.16. The third-order valence-corrected chi connectivity index (χ3v) is 4.18. The van der Waals surface area contributed by atoms with Gasteiger partial charge in [0.2, 0.25) is 0 Å². The van der Waals surface area contributed by atoms with Crippen molar-refractivity contribution in [3.63, 3.8) is 0 Å². The summed E-state index contributed by atoms with van der Waals surface area (Å²) in [5.41, 5.74) is 8.03. The molecule has 1 N–H and O–H groups in total. The van der Waals surface area contributed by atoms with Gasteiger partial charge in [-0.05, 0) is 31.3 Å². The predicted molar refractivity (Wildman–Crippen MR) is 86.2 cm³/mol. The number of nitrogens with zero attached hydrogens (tertiary/aromatic N) is 2. The summed E-state index contributed by atoms with van der Waals surface area (Å²) in [5.74, 6) is 0. The minimum Gasteiger partial charge on any atom is -0.287 e. The summed E-state index contributed by atoms with van der Waals surface area (Å²) in [5, 5.41) is 3.36. The van der Waals surface area contributed by atoms with Gasteiger partial charge in [-0.2, -0.15) is 5.11 Å². The van der Waals surface area contributed by atoms with Crippen molar-refractivity contribution in [2.24, 2.45) is 10.1 Å². The molecule has 0 aliphatic rings. The van der Waals surface area contributed by atoms with Gasteiger partial charge in [0.25, 0.3) is 0 Å². The van der Waals surface area contributed by atoms with Crippen LogP contribution in [0.25, 0.3) is 0 Å². The highest BCUT2D eigenvalue weighted by Gasteiger charge is 2.11. The van der Waals surface area contributed by atoms with Gasteiger partial charge < -0.3 is 0 Å². The molecule has 0 saturated carbocycles. The number of rotatable bonds is 11. The number of nitrogens with one attached hydrogen (secondary N) is 1. The highest BCUT2D eigenvalue weighted by atomic mass is 32.2. The Bertz CT molecular complexity index is 492. The number of benzene rings is 1. The van der Waals surface area contributed by atoms with Crippen LogP contribution in [0, 0.1) is 5.53 Å². The Kier molecular flexibility index (Phi) is 8.69. The summed E-state index contributed by atoms with van der Waals surface area (Å²) in [6.07, 6.45) is 6.90. The number of unbranched alkanes of at least 4 members (excludes halogenated alkanes) is 5. The average molecular weight is 309 g/mol. The van der Waals surface area contributed by atoms with E-state index in [1.165, 1.54) is 25.7 Å². The fraction of sp³-hybridized carbons (Fsp3) is 0.533. The molecule has 0 spiro atoms. The fourth-order valence-electron chi connectivity index (χ4n) is 1.91. The molecule has 116 valence electrons. The zero-order valence-corrected chi connectivity index (χ0v) is 13.3. The molecule has 1 atom stereocenters. The normalized spacial score (nSPS) is 12.0. The van der Waals surface area contributed by atoms with Crippen molar-refractivity contribution in [1.82, 2.24) is 0 Å². The molecule has 0 aromatic heterocycles. The molecule has 1 unspecified atom stereocenters. The van der Waals surface area contributed by atoms with Crippen LogP contribution in [-0.2, 0) is 15.3 Å². The molecule has 1 aromatic rings. The smallest absolute Gasteiger partial charge is 0.191 e. The van der Waals surface area contributed by atoms with Crippen molar-refractivity contribution in [3.05, 3.63) is 18.2 Å². The number of hydrogen-bond acceptors (Lipinski definition) is 5. The lowest BCUT2D eigenvalue weighted by Crippen LogP contribution is -2.00. The highest BCUT2D eigenvalue weighted by Crippen LogP contribution is 2.28. The molecule has 0 aliphatic carbocycles. The third-order valence-electron chi connectivity index (χ3n) is 3.11. The maximum Gasteiger partial charge on any atom is 0.191 e. The Hall–Kier alpha value is -1.40. The van der Waals surface area contributed by atoms with Crippen molar-refractivity contribution >= 4 is 29.2 Å². The van der Waals surface area contributed by atoms with Crippen LogP contribution in [0.1, 0.15) is 45.4 Å². The minimum absolute atomic E-state index is 0.337. The van der Waals surface area contributed by atoms with Crippen molar-refractivity contribution in [3.8, 4) is 0 Å². The van der Waals surface area contributed by atoms with Crippen molar-refractivity contribution in [1.29, 1.82) is 5.53 Å². The molecule has 0 aliphatic heterocycles. The van der Waals surface area contributed by atoms with E-state index in [1.54, 1.807) is 18.2 Å². The Balaban J connectivity index is 2.44. The highest BCUT2D eigenvalue weighted by molar-refractivity contribution is 7.80. The molecular formula is C15H23N3O2S. The van der Waals surface area contributed by atoms with Crippen molar-refractivity contribution in [2.45, 2.75) is 50.3 Å². The SMILES string of the molecule is C=Nc1ccc(N=N)c(S(=O)OCCCCCCCC)c1. The molecule has 0 heterocycles. The summed E-state index contributed by atoms with van der Waals surface area (Å²) in [6.45, 7) is 6.06. The van der Waals surface area contributed by atoms with Crippen LogP contribution in [0.5, 0.6) is 0 Å². The van der Waals surface area contributed by atoms with E-state index in [9.17, 15) is 4.21 Å². The lowest BCUT2D eigenvalue weighted by Gasteiger charge is -2.06. The van der Waals surface area contributed by atoms with Crippen molar-refractivity contribution in [2.75, 3.05) is 6.61 Å². The van der Waals surface area contributed by atoms with E-state index in [0.29, 0.717) is 22.9 Å². The van der Waals surface area contributed by atoms with E-state index in [-0.39, 0.29) is 0 Å². The Morgan fingerprint density at radius 2 is 1.95 bits per heavy atom. The molecule has 0 saturated heterocycles.